The number of pyridine rings is 1. The number of amides is 2. The van der Waals surface area contributed by atoms with Gasteiger partial charge in [0.1, 0.15) is 5.82 Å². The fourth-order valence-electron chi connectivity index (χ4n) is 2.38. The van der Waals surface area contributed by atoms with Crippen molar-refractivity contribution in [2.45, 2.75) is 51.9 Å². The van der Waals surface area contributed by atoms with E-state index in [1.165, 1.54) is 17.7 Å². The number of aromatic nitrogens is 1. The van der Waals surface area contributed by atoms with E-state index in [0.29, 0.717) is 18.7 Å². The first-order chi connectivity index (χ1) is 9.24. The molecular formula is C15H20N2O2. The SMILES string of the molecule is CCCCCCCC(=O)N1C(=O)Cc2cccnc21. The molecule has 1 aromatic rings. The molecule has 4 nitrogen and oxygen atoms in total. The van der Waals surface area contributed by atoms with Crippen molar-refractivity contribution in [3.63, 3.8) is 0 Å². The predicted octanol–water partition coefficient (Wildman–Crippen LogP) is 2.86. The Balaban J connectivity index is 1.91. The minimum absolute atomic E-state index is 0.112. The van der Waals surface area contributed by atoms with Gasteiger partial charge in [-0.15, -0.1) is 0 Å². The van der Waals surface area contributed by atoms with Crippen molar-refractivity contribution in [1.82, 2.24) is 4.98 Å². The number of hydrogen-bond donors (Lipinski definition) is 0. The van der Waals surface area contributed by atoms with Gasteiger partial charge in [0.2, 0.25) is 11.8 Å². The van der Waals surface area contributed by atoms with Crippen LogP contribution in [0.25, 0.3) is 0 Å². The molecule has 0 spiro atoms. The highest BCUT2D eigenvalue weighted by Crippen LogP contribution is 2.26. The molecule has 2 amide bonds. The Kier molecular flexibility index (Phi) is 4.66. The van der Waals surface area contributed by atoms with Crippen LogP contribution in [0.2, 0.25) is 0 Å². The summed E-state index contributed by atoms with van der Waals surface area (Å²) < 4.78 is 0. The van der Waals surface area contributed by atoms with Crippen LogP contribution in [0.4, 0.5) is 5.82 Å². The molecule has 19 heavy (non-hydrogen) atoms. The van der Waals surface area contributed by atoms with E-state index in [9.17, 15) is 9.59 Å². The highest BCUT2D eigenvalue weighted by atomic mass is 16.2. The van der Waals surface area contributed by atoms with Gasteiger partial charge in [-0.05, 0) is 12.5 Å². The van der Waals surface area contributed by atoms with Gasteiger partial charge < -0.3 is 0 Å². The average molecular weight is 260 g/mol. The molecule has 0 N–H and O–H groups in total. The molecule has 1 aliphatic rings. The zero-order chi connectivity index (χ0) is 13.7. The number of imide groups is 1. The Labute approximate surface area is 113 Å². The Morgan fingerprint density at radius 2 is 2.11 bits per heavy atom. The van der Waals surface area contributed by atoms with E-state index in [2.05, 4.69) is 11.9 Å². The van der Waals surface area contributed by atoms with E-state index in [4.69, 9.17) is 0 Å². The van der Waals surface area contributed by atoms with Gasteiger partial charge in [0.05, 0.1) is 6.42 Å². The van der Waals surface area contributed by atoms with E-state index in [0.717, 1.165) is 24.8 Å². The lowest BCUT2D eigenvalue weighted by Crippen LogP contribution is -2.34. The average Bonchev–Trinajstić information content (AvgIpc) is 2.74. The van der Waals surface area contributed by atoms with Gasteiger partial charge in [-0.3, -0.25) is 9.59 Å². The molecule has 0 radical (unpaired) electrons. The minimum Gasteiger partial charge on any atom is -0.274 e. The summed E-state index contributed by atoms with van der Waals surface area (Å²) >= 11 is 0. The maximum absolute atomic E-state index is 12.1. The number of anilines is 1. The van der Waals surface area contributed by atoms with Crippen molar-refractivity contribution >= 4 is 17.6 Å². The Morgan fingerprint density at radius 1 is 1.32 bits per heavy atom. The van der Waals surface area contributed by atoms with Gasteiger partial charge in [0.15, 0.2) is 0 Å². The summed E-state index contributed by atoms with van der Waals surface area (Å²) in [6, 6.07) is 3.65. The predicted molar refractivity (Wildman–Crippen MR) is 73.8 cm³/mol. The molecular weight excluding hydrogens is 240 g/mol. The topological polar surface area (TPSA) is 50.3 Å². The highest BCUT2D eigenvalue weighted by Gasteiger charge is 2.32. The highest BCUT2D eigenvalue weighted by molar-refractivity contribution is 6.18. The molecule has 1 aliphatic heterocycles. The van der Waals surface area contributed by atoms with Crippen LogP contribution in [0.5, 0.6) is 0 Å². The van der Waals surface area contributed by atoms with Gasteiger partial charge >= 0.3 is 0 Å². The van der Waals surface area contributed by atoms with Crippen LogP contribution < -0.4 is 4.90 Å². The molecule has 0 aliphatic carbocycles. The van der Waals surface area contributed by atoms with Crippen LogP contribution in [-0.4, -0.2) is 16.8 Å². The van der Waals surface area contributed by atoms with Crippen molar-refractivity contribution in [1.29, 1.82) is 0 Å². The lowest BCUT2D eigenvalue weighted by molar-refractivity contribution is -0.125. The smallest absolute Gasteiger partial charge is 0.239 e. The van der Waals surface area contributed by atoms with Crippen molar-refractivity contribution in [2.75, 3.05) is 4.90 Å². The Bertz CT molecular complexity index is 471. The third-order valence-electron chi connectivity index (χ3n) is 3.41. The second kappa shape index (κ2) is 6.45. The lowest BCUT2D eigenvalue weighted by Gasteiger charge is -2.14. The van der Waals surface area contributed by atoms with Crippen molar-refractivity contribution < 1.29 is 9.59 Å². The fourth-order valence-corrected chi connectivity index (χ4v) is 2.38. The van der Waals surface area contributed by atoms with E-state index >= 15 is 0 Å². The molecule has 0 bridgehead atoms. The van der Waals surface area contributed by atoms with Gasteiger partial charge in [0, 0.05) is 18.2 Å². The number of unbranched alkanes of at least 4 members (excludes halogenated alkanes) is 4. The van der Waals surface area contributed by atoms with Crippen LogP contribution in [0.15, 0.2) is 18.3 Å². The summed E-state index contributed by atoms with van der Waals surface area (Å²) in [5, 5.41) is 0. The molecule has 0 atom stereocenters. The van der Waals surface area contributed by atoms with E-state index in [1.54, 1.807) is 12.3 Å². The number of nitrogens with zero attached hydrogens (tertiary/aromatic N) is 2. The zero-order valence-corrected chi connectivity index (χ0v) is 11.4. The monoisotopic (exact) mass is 260 g/mol. The molecule has 0 saturated carbocycles. The third kappa shape index (κ3) is 3.19. The number of hydrogen-bond acceptors (Lipinski definition) is 3. The molecule has 0 fully saturated rings. The third-order valence-corrected chi connectivity index (χ3v) is 3.41. The second-order valence-electron chi connectivity index (χ2n) is 4.95. The Hall–Kier alpha value is -1.71. The summed E-state index contributed by atoms with van der Waals surface area (Å²) in [5.41, 5.74) is 0.854. The van der Waals surface area contributed by atoms with Crippen LogP contribution in [0.1, 0.15) is 51.0 Å². The van der Waals surface area contributed by atoms with Gasteiger partial charge in [0.25, 0.3) is 0 Å². The summed E-state index contributed by atoms with van der Waals surface area (Å²) in [7, 11) is 0. The molecule has 0 aromatic carbocycles. The molecule has 0 saturated heterocycles. The first-order valence-corrected chi connectivity index (χ1v) is 7.03. The van der Waals surface area contributed by atoms with Gasteiger partial charge in [-0.2, -0.15) is 0 Å². The molecule has 0 unspecified atom stereocenters. The summed E-state index contributed by atoms with van der Waals surface area (Å²) in [6.45, 7) is 2.16. The van der Waals surface area contributed by atoms with E-state index in [1.807, 2.05) is 6.07 Å². The molecule has 4 heteroatoms. The van der Waals surface area contributed by atoms with E-state index in [-0.39, 0.29) is 11.8 Å². The van der Waals surface area contributed by atoms with Gasteiger partial charge in [-0.25, -0.2) is 9.88 Å². The van der Waals surface area contributed by atoms with E-state index < -0.39 is 0 Å². The minimum atomic E-state index is -0.146. The van der Waals surface area contributed by atoms with Crippen LogP contribution in [-0.2, 0) is 16.0 Å². The summed E-state index contributed by atoms with van der Waals surface area (Å²) in [6.07, 6.45) is 7.82. The molecule has 1 aromatic heterocycles. The number of carbonyl (C=O) groups is 2. The number of fused-ring (bicyclic) bond motifs is 1. The number of rotatable bonds is 6. The molecule has 2 heterocycles. The van der Waals surface area contributed by atoms with Crippen LogP contribution >= 0.6 is 0 Å². The van der Waals surface area contributed by atoms with Crippen LogP contribution in [0, 0.1) is 0 Å². The lowest BCUT2D eigenvalue weighted by atomic mass is 10.1. The quantitative estimate of drug-likeness (QED) is 0.739. The van der Waals surface area contributed by atoms with Crippen molar-refractivity contribution in [3.8, 4) is 0 Å². The first kappa shape index (κ1) is 13.7. The summed E-state index contributed by atoms with van der Waals surface area (Å²) in [4.78, 5) is 29.4. The molecule has 2 rings (SSSR count). The van der Waals surface area contributed by atoms with Crippen LogP contribution in [0.3, 0.4) is 0 Å². The first-order valence-electron chi connectivity index (χ1n) is 7.03. The maximum atomic E-state index is 12.1. The van der Waals surface area contributed by atoms with Crippen molar-refractivity contribution in [2.24, 2.45) is 0 Å². The number of carbonyl (C=O) groups excluding carboxylic acids is 2. The normalized spacial score (nSPS) is 13.7. The van der Waals surface area contributed by atoms with Gasteiger partial charge in [-0.1, -0.05) is 38.7 Å². The maximum Gasteiger partial charge on any atom is 0.239 e. The van der Waals surface area contributed by atoms with Crippen molar-refractivity contribution in [3.05, 3.63) is 23.9 Å². The standard InChI is InChI=1S/C15H20N2O2/c1-2-3-4-5-6-9-13(18)17-14(19)11-12-8-7-10-16-15(12)17/h7-8,10H,2-6,9,11H2,1H3. The zero-order valence-electron chi connectivity index (χ0n) is 11.4. The largest absolute Gasteiger partial charge is 0.274 e. The fraction of sp³-hybridized carbons (Fsp3) is 0.533. The molecule has 102 valence electrons. The Morgan fingerprint density at radius 3 is 2.89 bits per heavy atom. The second-order valence-corrected chi connectivity index (χ2v) is 4.95. The summed E-state index contributed by atoms with van der Waals surface area (Å²) in [5.74, 6) is 0.275.